The monoisotopic (exact) mass is 414 g/mol. The number of carboxylic acids is 1. The summed E-state index contributed by atoms with van der Waals surface area (Å²) in [6.07, 6.45) is 3.60. The number of benzene rings is 1. The number of hydrogen-bond donors (Lipinski definition) is 1. The molecule has 2 rings (SSSR count). The average molecular weight is 415 g/mol. The number of nitrogens with zero attached hydrogens (tertiary/aromatic N) is 2. The molecule has 0 aliphatic carbocycles. The molecular formula is C20H25ClF2N2O3. The van der Waals surface area contributed by atoms with Crippen molar-refractivity contribution in [3.05, 3.63) is 46.0 Å². The van der Waals surface area contributed by atoms with Crippen LogP contribution in [0.3, 0.4) is 0 Å². The first-order valence-corrected chi connectivity index (χ1v) is 9.81. The lowest BCUT2D eigenvalue weighted by Gasteiger charge is -2.14. The smallest absolute Gasteiger partial charge is 0.309 e. The van der Waals surface area contributed by atoms with Crippen molar-refractivity contribution in [1.29, 1.82) is 0 Å². The van der Waals surface area contributed by atoms with Gasteiger partial charge in [0.1, 0.15) is 5.82 Å². The highest BCUT2D eigenvalue weighted by Crippen LogP contribution is 2.26. The van der Waals surface area contributed by atoms with Crippen molar-refractivity contribution in [1.82, 2.24) is 9.55 Å². The molecular weight excluding hydrogens is 390 g/mol. The number of carboxylic acid groups (broad SMARTS) is 1. The van der Waals surface area contributed by atoms with Crippen LogP contribution in [-0.2, 0) is 24.2 Å². The molecule has 5 nitrogen and oxygen atoms in total. The van der Waals surface area contributed by atoms with Gasteiger partial charge in [-0.25, -0.2) is 13.8 Å². The van der Waals surface area contributed by atoms with Gasteiger partial charge in [-0.2, -0.15) is 0 Å². The number of ether oxygens (including phenoxy) is 1. The topological polar surface area (TPSA) is 64.4 Å². The van der Waals surface area contributed by atoms with Gasteiger partial charge in [0, 0.05) is 13.0 Å². The molecule has 0 fully saturated rings. The van der Waals surface area contributed by atoms with E-state index in [2.05, 4.69) is 4.98 Å². The Kier molecular flexibility index (Phi) is 8.23. The number of halogens is 3. The highest BCUT2D eigenvalue weighted by Gasteiger charge is 2.20. The Labute approximate surface area is 168 Å². The van der Waals surface area contributed by atoms with Crippen molar-refractivity contribution in [2.75, 3.05) is 6.61 Å². The van der Waals surface area contributed by atoms with Gasteiger partial charge >= 0.3 is 5.97 Å². The zero-order valence-electron chi connectivity index (χ0n) is 16.1. The summed E-state index contributed by atoms with van der Waals surface area (Å²) in [6, 6.07) is 2.40. The number of aliphatic carboxylic acids is 1. The lowest BCUT2D eigenvalue weighted by molar-refractivity contribution is -0.136. The molecule has 1 N–H and O–H groups in total. The number of imidazole rings is 1. The number of unbranched alkanes of at least 4 members (excludes halogenated alkanes) is 2. The first-order chi connectivity index (χ1) is 13.4. The molecule has 1 heterocycles. The quantitative estimate of drug-likeness (QED) is 0.525. The molecule has 2 aromatic rings. The van der Waals surface area contributed by atoms with E-state index in [-0.39, 0.29) is 24.7 Å². The zero-order valence-corrected chi connectivity index (χ0v) is 16.9. The summed E-state index contributed by atoms with van der Waals surface area (Å²) < 4.78 is 35.5. The van der Waals surface area contributed by atoms with Gasteiger partial charge in [0.2, 0.25) is 0 Å². The van der Waals surface area contributed by atoms with Gasteiger partial charge in [-0.05, 0) is 30.5 Å². The van der Waals surface area contributed by atoms with Crippen LogP contribution < -0.4 is 4.74 Å². The van der Waals surface area contributed by atoms with Crippen LogP contribution >= 0.6 is 11.6 Å². The van der Waals surface area contributed by atoms with Crippen LogP contribution in [-0.4, -0.2) is 27.2 Å². The lowest BCUT2D eigenvalue weighted by Crippen LogP contribution is -2.13. The summed E-state index contributed by atoms with van der Waals surface area (Å²) in [6.45, 7) is 4.30. The van der Waals surface area contributed by atoms with Crippen molar-refractivity contribution in [3.8, 4) is 5.75 Å². The maximum absolute atomic E-state index is 14.3. The summed E-state index contributed by atoms with van der Waals surface area (Å²) in [4.78, 5) is 15.5. The summed E-state index contributed by atoms with van der Waals surface area (Å²) in [7, 11) is 0. The van der Waals surface area contributed by atoms with Crippen molar-refractivity contribution in [2.24, 2.45) is 0 Å². The third-order valence-electron chi connectivity index (χ3n) is 4.32. The molecule has 0 aliphatic rings. The van der Waals surface area contributed by atoms with Crippen LogP contribution in [0.5, 0.6) is 5.75 Å². The second-order valence-electron chi connectivity index (χ2n) is 6.62. The molecule has 0 amide bonds. The third-order valence-corrected chi connectivity index (χ3v) is 4.62. The normalized spacial score (nSPS) is 11.0. The molecule has 1 aromatic heterocycles. The van der Waals surface area contributed by atoms with Gasteiger partial charge in [0.15, 0.2) is 22.5 Å². The predicted octanol–water partition coefficient (Wildman–Crippen LogP) is 5.01. The van der Waals surface area contributed by atoms with Crippen LogP contribution in [0.1, 0.15) is 56.6 Å². The fourth-order valence-corrected chi connectivity index (χ4v) is 3.14. The number of rotatable bonds is 11. The SMILES string of the molecule is CCCCOc1c(F)cc(Cn2c(CCCC)nc(Cl)c2CC(=O)O)cc1F. The molecule has 1 aromatic carbocycles. The first-order valence-electron chi connectivity index (χ1n) is 9.43. The van der Waals surface area contributed by atoms with E-state index in [0.717, 1.165) is 19.3 Å². The number of hydrogen-bond acceptors (Lipinski definition) is 3. The van der Waals surface area contributed by atoms with E-state index in [0.29, 0.717) is 29.9 Å². The van der Waals surface area contributed by atoms with Gasteiger partial charge in [-0.1, -0.05) is 38.3 Å². The fourth-order valence-electron chi connectivity index (χ4n) is 2.87. The minimum atomic E-state index is -1.05. The maximum atomic E-state index is 14.3. The Morgan fingerprint density at radius 1 is 1.21 bits per heavy atom. The average Bonchev–Trinajstić information content (AvgIpc) is 2.90. The highest BCUT2D eigenvalue weighted by molar-refractivity contribution is 6.30. The van der Waals surface area contributed by atoms with Crippen LogP contribution in [0, 0.1) is 11.6 Å². The molecule has 28 heavy (non-hydrogen) atoms. The van der Waals surface area contributed by atoms with Gasteiger partial charge in [0.05, 0.1) is 18.7 Å². The van der Waals surface area contributed by atoms with Gasteiger partial charge < -0.3 is 14.4 Å². The maximum Gasteiger partial charge on any atom is 0.309 e. The Morgan fingerprint density at radius 3 is 2.43 bits per heavy atom. The van der Waals surface area contributed by atoms with E-state index in [1.165, 1.54) is 12.1 Å². The predicted molar refractivity (Wildman–Crippen MR) is 103 cm³/mol. The standard InChI is InChI=1S/C20H25ClF2N2O3/c1-3-5-7-17-24-20(21)16(11-18(26)27)25(17)12-13-9-14(22)19(15(23)10-13)28-8-6-4-2/h9-10H,3-8,11-12H2,1-2H3,(H,26,27). The Balaban J connectivity index is 2.34. The second kappa shape index (κ2) is 10.4. The summed E-state index contributed by atoms with van der Waals surface area (Å²) in [5, 5.41) is 9.26. The fraction of sp³-hybridized carbons (Fsp3) is 0.500. The minimum Gasteiger partial charge on any atom is -0.488 e. The summed E-state index contributed by atoms with van der Waals surface area (Å²) in [5.41, 5.74) is 0.667. The van der Waals surface area contributed by atoms with E-state index < -0.39 is 23.4 Å². The Bertz CT molecular complexity index is 801. The van der Waals surface area contributed by atoms with Gasteiger partial charge in [0.25, 0.3) is 0 Å². The largest absolute Gasteiger partial charge is 0.488 e. The molecule has 0 spiro atoms. The van der Waals surface area contributed by atoms with E-state index in [9.17, 15) is 13.6 Å². The number of aromatic nitrogens is 2. The molecule has 0 saturated carbocycles. The zero-order chi connectivity index (χ0) is 20.7. The van der Waals surface area contributed by atoms with Crippen LogP contribution in [0.15, 0.2) is 12.1 Å². The molecule has 0 bridgehead atoms. The van der Waals surface area contributed by atoms with Crippen molar-refractivity contribution in [2.45, 2.75) is 58.9 Å². The van der Waals surface area contributed by atoms with Crippen molar-refractivity contribution in [3.63, 3.8) is 0 Å². The number of aryl methyl sites for hydroxylation is 1. The molecule has 0 radical (unpaired) electrons. The Hall–Kier alpha value is -2.15. The highest BCUT2D eigenvalue weighted by atomic mass is 35.5. The Morgan fingerprint density at radius 2 is 1.86 bits per heavy atom. The van der Waals surface area contributed by atoms with Gasteiger partial charge in [-0.3, -0.25) is 4.79 Å². The summed E-state index contributed by atoms with van der Waals surface area (Å²) in [5.74, 6) is -2.41. The van der Waals surface area contributed by atoms with Crippen LogP contribution in [0.4, 0.5) is 8.78 Å². The van der Waals surface area contributed by atoms with Crippen LogP contribution in [0.25, 0.3) is 0 Å². The van der Waals surface area contributed by atoms with E-state index in [1.807, 2.05) is 13.8 Å². The molecule has 154 valence electrons. The van der Waals surface area contributed by atoms with Crippen LogP contribution in [0.2, 0.25) is 5.15 Å². The van der Waals surface area contributed by atoms with E-state index in [1.54, 1.807) is 4.57 Å². The lowest BCUT2D eigenvalue weighted by atomic mass is 10.1. The van der Waals surface area contributed by atoms with Crippen molar-refractivity contribution < 1.29 is 23.4 Å². The molecule has 0 saturated heterocycles. The molecule has 0 atom stereocenters. The van der Waals surface area contributed by atoms with Gasteiger partial charge in [-0.15, -0.1) is 0 Å². The third kappa shape index (κ3) is 5.67. The van der Waals surface area contributed by atoms with E-state index in [4.69, 9.17) is 21.4 Å². The molecule has 0 aliphatic heterocycles. The molecule has 8 heteroatoms. The number of carbonyl (C=O) groups is 1. The molecule has 0 unspecified atom stereocenters. The summed E-state index contributed by atoms with van der Waals surface area (Å²) >= 11 is 6.13. The first kappa shape index (κ1) is 22.1. The van der Waals surface area contributed by atoms with E-state index >= 15 is 0 Å². The van der Waals surface area contributed by atoms with Crippen molar-refractivity contribution >= 4 is 17.6 Å². The minimum absolute atomic E-state index is 0.0739. The second-order valence-corrected chi connectivity index (χ2v) is 6.97.